The number of hydrogen-bond acceptors (Lipinski definition) is 7. The van der Waals surface area contributed by atoms with E-state index >= 15 is 0 Å². The number of benzene rings is 1. The summed E-state index contributed by atoms with van der Waals surface area (Å²) >= 11 is 0. The van der Waals surface area contributed by atoms with E-state index in [-0.39, 0.29) is 33.8 Å². The van der Waals surface area contributed by atoms with Gasteiger partial charge in [0.25, 0.3) is 11.6 Å². The zero-order valence-corrected chi connectivity index (χ0v) is 19.4. The molecule has 0 spiro atoms. The molecule has 0 saturated carbocycles. The average molecular weight is 466 g/mol. The molecule has 1 aliphatic heterocycles. The van der Waals surface area contributed by atoms with Crippen molar-refractivity contribution in [3.63, 3.8) is 0 Å². The summed E-state index contributed by atoms with van der Waals surface area (Å²) in [6.07, 6.45) is 2.24. The van der Waals surface area contributed by atoms with Crippen molar-refractivity contribution < 1.29 is 22.9 Å². The highest BCUT2D eigenvalue weighted by Gasteiger charge is 2.33. The number of non-ortho nitro benzene ring substituents is 1. The fraction of sp³-hybridized carbons (Fsp3) is 0.500. The second kappa shape index (κ2) is 9.25. The summed E-state index contributed by atoms with van der Waals surface area (Å²) in [6.45, 7) is 4.87. The van der Waals surface area contributed by atoms with Gasteiger partial charge in [0, 0.05) is 51.4 Å². The zero-order chi connectivity index (χ0) is 23.6. The van der Waals surface area contributed by atoms with Crippen LogP contribution in [0.1, 0.15) is 42.2 Å². The predicted octanol–water partition coefficient (Wildman–Crippen LogP) is 2.70. The number of aryl methyl sites for hydroxylation is 1. The van der Waals surface area contributed by atoms with Crippen molar-refractivity contribution in [1.29, 1.82) is 0 Å². The van der Waals surface area contributed by atoms with Gasteiger partial charge < -0.3 is 9.64 Å². The third-order valence-electron chi connectivity index (χ3n) is 5.36. The fourth-order valence-electron chi connectivity index (χ4n) is 3.65. The van der Waals surface area contributed by atoms with Crippen LogP contribution in [0.4, 0.5) is 5.69 Å². The molecule has 1 saturated heterocycles. The van der Waals surface area contributed by atoms with Gasteiger partial charge in [-0.15, -0.1) is 0 Å². The molecule has 1 aliphatic rings. The van der Waals surface area contributed by atoms with Crippen molar-refractivity contribution >= 4 is 21.6 Å². The van der Waals surface area contributed by atoms with Crippen LogP contribution in [-0.4, -0.2) is 64.9 Å². The van der Waals surface area contributed by atoms with Gasteiger partial charge in [-0.3, -0.25) is 14.9 Å². The maximum absolute atomic E-state index is 13.2. The summed E-state index contributed by atoms with van der Waals surface area (Å²) in [5, 5.41) is 15.5. The Morgan fingerprint density at radius 2 is 1.97 bits per heavy atom. The van der Waals surface area contributed by atoms with E-state index in [0.29, 0.717) is 25.2 Å². The van der Waals surface area contributed by atoms with E-state index < -0.39 is 14.9 Å². The standard InChI is InChI=1S/C20H27N5O6S/c1-5-10-22(3)19(26)18-14(2)20(23(4)21-18)31-16-9-8-15(25(27)28)13-17(16)32(29,30)24-11-6-7-12-24/h8-9,13H,5-7,10-12H2,1-4H3. The topological polar surface area (TPSA) is 128 Å². The first-order valence-corrected chi connectivity index (χ1v) is 11.8. The molecule has 0 aliphatic carbocycles. The number of hydrogen-bond donors (Lipinski definition) is 0. The Labute approximate surface area is 186 Å². The molecule has 1 fully saturated rings. The van der Waals surface area contributed by atoms with Gasteiger partial charge in [-0.1, -0.05) is 6.92 Å². The maximum atomic E-state index is 13.2. The quantitative estimate of drug-likeness (QED) is 0.433. The lowest BCUT2D eigenvalue weighted by atomic mass is 10.2. The van der Waals surface area contributed by atoms with Crippen LogP contribution in [0.3, 0.4) is 0 Å². The van der Waals surface area contributed by atoms with Gasteiger partial charge in [0.05, 0.1) is 4.92 Å². The Hall–Kier alpha value is -2.99. The number of carbonyl (C=O) groups is 1. The number of sulfonamides is 1. The molecule has 2 heterocycles. The van der Waals surface area contributed by atoms with Crippen molar-refractivity contribution in [2.45, 2.75) is 38.0 Å². The SMILES string of the molecule is CCCN(C)C(=O)c1nn(C)c(Oc2ccc([N+](=O)[O-])cc2S(=O)(=O)N2CCCC2)c1C. The summed E-state index contributed by atoms with van der Waals surface area (Å²) < 4.78 is 35.0. The molecular weight excluding hydrogens is 438 g/mol. The maximum Gasteiger partial charge on any atom is 0.274 e. The van der Waals surface area contributed by atoms with Crippen LogP contribution in [0, 0.1) is 17.0 Å². The normalized spacial score (nSPS) is 14.5. The van der Waals surface area contributed by atoms with Gasteiger partial charge in [0.15, 0.2) is 5.69 Å². The van der Waals surface area contributed by atoms with Gasteiger partial charge in [-0.25, -0.2) is 13.1 Å². The number of amides is 1. The number of nitro groups is 1. The second-order valence-electron chi connectivity index (χ2n) is 7.73. The Kier molecular flexibility index (Phi) is 6.84. The molecule has 2 aromatic rings. The number of carbonyl (C=O) groups excluding carboxylic acids is 1. The minimum atomic E-state index is -4.00. The van der Waals surface area contributed by atoms with Gasteiger partial charge in [-0.05, 0) is 32.3 Å². The van der Waals surface area contributed by atoms with Crippen LogP contribution in [0.5, 0.6) is 11.6 Å². The average Bonchev–Trinajstić information content (AvgIpc) is 3.38. The highest BCUT2D eigenvalue weighted by molar-refractivity contribution is 7.89. The Morgan fingerprint density at radius 3 is 2.56 bits per heavy atom. The predicted molar refractivity (Wildman–Crippen MR) is 116 cm³/mol. The van der Waals surface area contributed by atoms with E-state index in [1.165, 1.54) is 21.1 Å². The van der Waals surface area contributed by atoms with Gasteiger partial charge in [0.2, 0.25) is 15.9 Å². The Bertz CT molecular complexity index is 1140. The van der Waals surface area contributed by atoms with Crippen LogP contribution in [0.15, 0.2) is 23.1 Å². The number of nitrogens with zero attached hydrogens (tertiary/aromatic N) is 5. The Balaban J connectivity index is 2.04. The molecule has 0 N–H and O–H groups in total. The monoisotopic (exact) mass is 465 g/mol. The van der Waals surface area contributed by atoms with E-state index in [9.17, 15) is 23.3 Å². The van der Waals surface area contributed by atoms with Crippen molar-refractivity contribution in [2.24, 2.45) is 7.05 Å². The molecule has 32 heavy (non-hydrogen) atoms. The number of aromatic nitrogens is 2. The molecule has 1 aromatic carbocycles. The third kappa shape index (κ3) is 4.46. The van der Waals surface area contributed by atoms with Crippen molar-refractivity contribution in [3.05, 3.63) is 39.6 Å². The lowest BCUT2D eigenvalue weighted by molar-refractivity contribution is -0.385. The molecule has 174 valence electrons. The molecule has 1 aromatic heterocycles. The summed E-state index contributed by atoms with van der Waals surface area (Å²) in [5.41, 5.74) is 0.293. The smallest absolute Gasteiger partial charge is 0.274 e. The van der Waals surface area contributed by atoms with Crippen LogP contribution in [0.25, 0.3) is 0 Å². The number of ether oxygens (including phenoxy) is 1. The molecule has 3 rings (SSSR count). The van der Waals surface area contributed by atoms with Crippen LogP contribution < -0.4 is 4.74 Å². The van der Waals surface area contributed by atoms with Crippen molar-refractivity contribution in [1.82, 2.24) is 19.0 Å². The van der Waals surface area contributed by atoms with Crippen LogP contribution >= 0.6 is 0 Å². The summed E-state index contributed by atoms with van der Waals surface area (Å²) in [5.74, 6) is -0.150. The van der Waals surface area contributed by atoms with E-state index in [2.05, 4.69) is 5.10 Å². The molecule has 0 radical (unpaired) electrons. The number of nitro benzene ring substituents is 1. The highest BCUT2D eigenvalue weighted by atomic mass is 32.2. The molecule has 12 heteroatoms. The first-order valence-electron chi connectivity index (χ1n) is 10.3. The van der Waals surface area contributed by atoms with E-state index in [4.69, 9.17) is 4.74 Å². The summed E-state index contributed by atoms with van der Waals surface area (Å²) in [7, 11) is -0.742. The summed E-state index contributed by atoms with van der Waals surface area (Å²) in [6, 6.07) is 3.46. The molecular formula is C20H27N5O6S. The first kappa shape index (κ1) is 23.7. The van der Waals surface area contributed by atoms with Gasteiger partial charge in [0.1, 0.15) is 10.6 Å². The lowest BCUT2D eigenvalue weighted by Crippen LogP contribution is -2.28. The molecule has 1 amide bonds. The second-order valence-corrected chi connectivity index (χ2v) is 9.64. The van der Waals surface area contributed by atoms with Crippen molar-refractivity contribution in [3.8, 4) is 11.6 Å². The van der Waals surface area contributed by atoms with Gasteiger partial charge in [-0.2, -0.15) is 9.40 Å². The molecule has 0 bridgehead atoms. The molecule has 11 nitrogen and oxygen atoms in total. The van der Waals surface area contributed by atoms with E-state index in [0.717, 1.165) is 25.3 Å². The van der Waals surface area contributed by atoms with Crippen LogP contribution in [-0.2, 0) is 17.1 Å². The number of rotatable bonds is 8. The minimum absolute atomic E-state index is 0.0606. The minimum Gasteiger partial charge on any atom is -0.438 e. The third-order valence-corrected chi connectivity index (χ3v) is 7.28. The van der Waals surface area contributed by atoms with Crippen LogP contribution in [0.2, 0.25) is 0 Å². The van der Waals surface area contributed by atoms with E-state index in [1.807, 2.05) is 6.92 Å². The zero-order valence-electron chi connectivity index (χ0n) is 18.6. The molecule has 0 atom stereocenters. The first-order chi connectivity index (χ1) is 15.1. The van der Waals surface area contributed by atoms with Crippen molar-refractivity contribution in [2.75, 3.05) is 26.7 Å². The highest BCUT2D eigenvalue weighted by Crippen LogP contribution is 2.36. The lowest BCUT2D eigenvalue weighted by Gasteiger charge is -2.18. The Morgan fingerprint density at radius 1 is 1.31 bits per heavy atom. The van der Waals surface area contributed by atoms with E-state index in [1.54, 1.807) is 25.9 Å². The van der Waals surface area contributed by atoms with Gasteiger partial charge >= 0.3 is 0 Å². The molecule has 0 unspecified atom stereocenters. The largest absolute Gasteiger partial charge is 0.438 e. The summed E-state index contributed by atoms with van der Waals surface area (Å²) in [4.78, 5) is 24.6. The fourth-order valence-corrected chi connectivity index (χ4v) is 5.30.